The SMILES string of the molecule is CC(NC(=O)c1cccc(Cl)c1Cl)C(=O)NCC(c1ccco1)N1CCCCC1. The summed E-state index contributed by atoms with van der Waals surface area (Å²) in [5.74, 6) is 0.110. The summed E-state index contributed by atoms with van der Waals surface area (Å²) >= 11 is 12.0. The van der Waals surface area contributed by atoms with Crippen LogP contribution in [0.5, 0.6) is 0 Å². The molecule has 1 aromatic heterocycles. The number of carbonyl (C=O) groups excluding carboxylic acids is 2. The summed E-state index contributed by atoms with van der Waals surface area (Å²) in [5.41, 5.74) is 0.237. The molecule has 0 spiro atoms. The van der Waals surface area contributed by atoms with Crippen LogP contribution in [-0.2, 0) is 4.79 Å². The quantitative estimate of drug-likeness (QED) is 0.684. The molecule has 1 aliphatic rings. The number of hydrogen-bond donors (Lipinski definition) is 2. The topological polar surface area (TPSA) is 74.6 Å². The minimum Gasteiger partial charge on any atom is -0.468 e. The van der Waals surface area contributed by atoms with Gasteiger partial charge in [0.25, 0.3) is 5.91 Å². The molecule has 1 saturated heterocycles. The molecule has 0 saturated carbocycles. The Kier molecular flexibility index (Phi) is 7.58. The van der Waals surface area contributed by atoms with Gasteiger partial charge in [-0.25, -0.2) is 0 Å². The van der Waals surface area contributed by atoms with Crippen molar-refractivity contribution in [1.29, 1.82) is 0 Å². The number of carbonyl (C=O) groups is 2. The fourth-order valence-electron chi connectivity index (χ4n) is 3.49. The van der Waals surface area contributed by atoms with E-state index in [9.17, 15) is 9.59 Å². The molecule has 156 valence electrons. The molecule has 0 radical (unpaired) electrons. The summed E-state index contributed by atoms with van der Waals surface area (Å²) in [6, 6.07) is 7.84. The van der Waals surface area contributed by atoms with E-state index in [4.69, 9.17) is 27.6 Å². The average Bonchev–Trinajstić information content (AvgIpc) is 3.25. The van der Waals surface area contributed by atoms with Gasteiger partial charge in [-0.15, -0.1) is 0 Å². The van der Waals surface area contributed by atoms with Gasteiger partial charge in [0.1, 0.15) is 11.8 Å². The molecule has 2 aromatic rings. The number of nitrogens with zero attached hydrogens (tertiary/aromatic N) is 1. The fraction of sp³-hybridized carbons (Fsp3) is 0.429. The first-order chi connectivity index (χ1) is 14.0. The fourth-order valence-corrected chi connectivity index (χ4v) is 3.88. The van der Waals surface area contributed by atoms with Crippen molar-refractivity contribution < 1.29 is 14.0 Å². The van der Waals surface area contributed by atoms with Crippen LogP contribution in [0, 0.1) is 0 Å². The molecule has 2 amide bonds. The van der Waals surface area contributed by atoms with Crippen LogP contribution < -0.4 is 10.6 Å². The van der Waals surface area contributed by atoms with Gasteiger partial charge in [-0.05, 0) is 57.1 Å². The summed E-state index contributed by atoms with van der Waals surface area (Å²) in [7, 11) is 0. The van der Waals surface area contributed by atoms with Crippen LogP contribution >= 0.6 is 23.2 Å². The monoisotopic (exact) mass is 437 g/mol. The minimum atomic E-state index is -0.726. The molecule has 8 heteroatoms. The number of likely N-dealkylation sites (tertiary alicyclic amines) is 1. The van der Waals surface area contributed by atoms with Gasteiger partial charge in [0.2, 0.25) is 5.91 Å². The molecule has 0 aliphatic carbocycles. The molecule has 2 heterocycles. The van der Waals surface area contributed by atoms with Gasteiger partial charge in [0.15, 0.2) is 0 Å². The van der Waals surface area contributed by atoms with Crippen molar-refractivity contribution in [3.05, 3.63) is 58.0 Å². The van der Waals surface area contributed by atoms with E-state index >= 15 is 0 Å². The summed E-state index contributed by atoms with van der Waals surface area (Å²) < 4.78 is 5.60. The predicted molar refractivity (Wildman–Crippen MR) is 113 cm³/mol. The Labute approximate surface area is 180 Å². The first-order valence-electron chi connectivity index (χ1n) is 9.77. The molecule has 0 bridgehead atoms. The van der Waals surface area contributed by atoms with Crippen molar-refractivity contribution >= 4 is 35.0 Å². The summed E-state index contributed by atoms with van der Waals surface area (Å²) in [6.45, 7) is 3.99. The van der Waals surface area contributed by atoms with E-state index in [1.54, 1.807) is 31.4 Å². The van der Waals surface area contributed by atoms with Crippen molar-refractivity contribution in [3.8, 4) is 0 Å². The number of rotatable bonds is 7. The van der Waals surface area contributed by atoms with Crippen molar-refractivity contribution in [2.45, 2.75) is 38.3 Å². The van der Waals surface area contributed by atoms with E-state index in [-0.39, 0.29) is 22.5 Å². The second-order valence-electron chi connectivity index (χ2n) is 7.17. The van der Waals surface area contributed by atoms with E-state index in [2.05, 4.69) is 15.5 Å². The lowest BCUT2D eigenvalue weighted by atomic mass is 10.1. The highest BCUT2D eigenvalue weighted by molar-refractivity contribution is 6.43. The third-order valence-corrected chi connectivity index (χ3v) is 5.93. The maximum absolute atomic E-state index is 12.6. The lowest BCUT2D eigenvalue weighted by Crippen LogP contribution is -2.47. The average molecular weight is 438 g/mol. The third-order valence-electron chi connectivity index (χ3n) is 5.11. The lowest BCUT2D eigenvalue weighted by molar-refractivity contribution is -0.122. The molecule has 2 N–H and O–H groups in total. The molecule has 1 fully saturated rings. The van der Waals surface area contributed by atoms with E-state index in [1.165, 1.54) is 6.42 Å². The number of benzene rings is 1. The Balaban J connectivity index is 1.59. The Morgan fingerprint density at radius 1 is 1.14 bits per heavy atom. The summed E-state index contributed by atoms with van der Waals surface area (Å²) in [6.07, 6.45) is 5.14. The van der Waals surface area contributed by atoms with Crippen molar-refractivity contribution in [3.63, 3.8) is 0 Å². The normalized spacial score (nSPS) is 16.8. The van der Waals surface area contributed by atoms with Crippen LogP contribution in [0.1, 0.15) is 48.3 Å². The van der Waals surface area contributed by atoms with Crippen LogP contribution in [0.2, 0.25) is 10.0 Å². The number of amides is 2. The van der Waals surface area contributed by atoms with E-state index < -0.39 is 11.9 Å². The van der Waals surface area contributed by atoms with Gasteiger partial charge >= 0.3 is 0 Å². The molecule has 3 rings (SSSR count). The highest BCUT2D eigenvalue weighted by atomic mass is 35.5. The largest absolute Gasteiger partial charge is 0.468 e. The third kappa shape index (κ3) is 5.53. The van der Waals surface area contributed by atoms with Crippen molar-refractivity contribution in [2.24, 2.45) is 0 Å². The smallest absolute Gasteiger partial charge is 0.253 e. The number of furan rings is 1. The zero-order chi connectivity index (χ0) is 20.8. The predicted octanol–water partition coefficient (Wildman–Crippen LogP) is 4.05. The highest BCUT2D eigenvalue weighted by Gasteiger charge is 2.26. The van der Waals surface area contributed by atoms with Crippen molar-refractivity contribution in [1.82, 2.24) is 15.5 Å². The molecular weight excluding hydrogens is 413 g/mol. The molecule has 6 nitrogen and oxygen atoms in total. The summed E-state index contributed by atoms with van der Waals surface area (Å²) in [4.78, 5) is 27.4. The zero-order valence-corrected chi connectivity index (χ0v) is 17.8. The van der Waals surface area contributed by atoms with E-state index in [0.29, 0.717) is 11.6 Å². The standard InChI is InChI=1S/C21H25Cl2N3O3/c1-14(25-21(28)15-7-5-8-16(22)19(15)23)20(27)24-13-17(18-9-6-12-29-18)26-10-3-2-4-11-26/h5-9,12,14,17H,2-4,10-11,13H2,1H3,(H,24,27)(H,25,28). The Morgan fingerprint density at radius 3 is 2.59 bits per heavy atom. The molecule has 2 unspecified atom stereocenters. The number of hydrogen-bond acceptors (Lipinski definition) is 4. The Bertz CT molecular complexity index is 836. The number of halogens is 2. The molecule has 2 atom stereocenters. The molecular formula is C21H25Cl2N3O3. The van der Waals surface area contributed by atoms with Gasteiger partial charge in [-0.3, -0.25) is 14.5 Å². The molecule has 29 heavy (non-hydrogen) atoms. The van der Waals surface area contributed by atoms with E-state index in [0.717, 1.165) is 31.7 Å². The number of piperidine rings is 1. The van der Waals surface area contributed by atoms with Gasteiger partial charge in [0, 0.05) is 6.54 Å². The highest BCUT2D eigenvalue weighted by Crippen LogP contribution is 2.26. The van der Waals surface area contributed by atoms with Crippen LogP contribution in [-0.4, -0.2) is 42.4 Å². The first-order valence-corrected chi connectivity index (χ1v) is 10.5. The van der Waals surface area contributed by atoms with Crippen LogP contribution in [0.15, 0.2) is 41.0 Å². The van der Waals surface area contributed by atoms with Gasteiger partial charge in [-0.1, -0.05) is 35.7 Å². The van der Waals surface area contributed by atoms with E-state index in [1.807, 2.05) is 12.1 Å². The second-order valence-corrected chi connectivity index (χ2v) is 7.95. The first kappa shape index (κ1) is 21.7. The van der Waals surface area contributed by atoms with Crippen molar-refractivity contribution in [2.75, 3.05) is 19.6 Å². The second kappa shape index (κ2) is 10.1. The number of nitrogens with one attached hydrogen (secondary N) is 2. The van der Waals surface area contributed by atoms with Crippen LogP contribution in [0.25, 0.3) is 0 Å². The summed E-state index contributed by atoms with van der Waals surface area (Å²) in [5, 5.41) is 6.07. The zero-order valence-electron chi connectivity index (χ0n) is 16.3. The Morgan fingerprint density at radius 2 is 1.90 bits per heavy atom. The Hall–Kier alpha value is -2.02. The maximum Gasteiger partial charge on any atom is 0.253 e. The lowest BCUT2D eigenvalue weighted by Gasteiger charge is -2.33. The van der Waals surface area contributed by atoms with Gasteiger partial charge in [-0.2, -0.15) is 0 Å². The van der Waals surface area contributed by atoms with Gasteiger partial charge in [0.05, 0.1) is 27.9 Å². The van der Waals surface area contributed by atoms with Crippen LogP contribution in [0.3, 0.4) is 0 Å². The molecule has 1 aromatic carbocycles. The van der Waals surface area contributed by atoms with Crippen LogP contribution in [0.4, 0.5) is 0 Å². The minimum absolute atomic E-state index is 0.0282. The van der Waals surface area contributed by atoms with Gasteiger partial charge < -0.3 is 15.1 Å². The molecule has 1 aliphatic heterocycles. The maximum atomic E-state index is 12.6.